The molecule has 2 saturated heterocycles. The van der Waals surface area contributed by atoms with Crippen molar-refractivity contribution in [2.24, 2.45) is 0 Å². The maximum atomic E-state index is 12.6. The number of piperazine rings is 1. The van der Waals surface area contributed by atoms with Crippen molar-refractivity contribution in [1.29, 1.82) is 0 Å². The van der Waals surface area contributed by atoms with Gasteiger partial charge in [-0.15, -0.1) is 24.8 Å². The van der Waals surface area contributed by atoms with Crippen molar-refractivity contribution in [3.63, 3.8) is 0 Å². The number of carbonyl (C=O) groups excluding carboxylic acids is 1. The number of carbonyl (C=O) groups is 1. The van der Waals surface area contributed by atoms with Gasteiger partial charge < -0.3 is 14.6 Å². The molecule has 144 valence electrons. The molecule has 2 fully saturated rings. The molecule has 2 aromatic rings. The van der Waals surface area contributed by atoms with E-state index in [0.29, 0.717) is 5.91 Å². The first-order chi connectivity index (χ1) is 11.8. The number of amides is 1. The number of fused-ring (bicyclic) bond motifs is 1. The summed E-state index contributed by atoms with van der Waals surface area (Å²) in [6.07, 6.45) is 7.46. The smallest absolute Gasteiger partial charge is 0.239 e. The molecule has 0 saturated carbocycles. The molecule has 26 heavy (non-hydrogen) atoms. The first-order valence-electron chi connectivity index (χ1n) is 8.97. The molecule has 8 heteroatoms. The summed E-state index contributed by atoms with van der Waals surface area (Å²) in [4.78, 5) is 21.6. The number of hydrogen-bond donors (Lipinski definition) is 1. The Morgan fingerprint density at radius 1 is 1.15 bits per heavy atom. The van der Waals surface area contributed by atoms with Crippen LogP contribution >= 0.6 is 24.8 Å². The molecule has 1 amide bonds. The Morgan fingerprint density at radius 3 is 2.65 bits per heavy atom. The van der Waals surface area contributed by atoms with Crippen LogP contribution in [-0.2, 0) is 11.3 Å². The summed E-state index contributed by atoms with van der Waals surface area (Å²) in [5.74, 6) is 0.294. The average molecular weight is 400 g/mol. The van der Waals surface area contributed by atoms with Crippen LogP contribution in [0, 0.1) is 0 Å². The fourth-order valence-corrected chi connectivity index (χ4v) is 3.70. The summed E-state index contributed by atoms with van der Waals surface area (Å²) in [6, 6.07) is 6.10. The third kappa shape index (κ3) is 4.68. The van der Waals surface area contributed by atoms with E-state index in [2.05, 4.69) is 25.8 Å². The predicted octanol–water partition coefficient (Wildman–Crippen LogP) is 1.96. The van der Waals surface area contributed by atoms with Crippen LogP contribution in [0.15, 0.2) is 30.6 Å². The van der Waals surface area contributed by atoms with Gasteiger partial charge in [0.1, 0.15) is 5.65 Å². The van der Waals surface area contributed by atoms with Gasteiger partial charge in [-0.05, 0) is 31.5 Å². The van der Waals surface area contributed by atoms with E-state index in [-0.39, 0.29) is 30.9 Å². The van der Waals surface area contributed by atoms with Gasteiger partial charge in [0, 0.05) is 45.1 Å². The number of halogens is 2. The Labute approximate surface area is 166 Å². The second-order valence-corrected chi connectivity index (χ2v) is 6.80. The van der Waals surface area contributed by atoms with E-state index in [0.717, 1.165) is 63.5 Å². The maximum absolute atomic E-state index is 12.6. The third-order valence-electron chi connectivity index (χ3n) is 5.09. The van der Waals surface area contributed by atoms with Crippen LogP contribution in [0.1, 0.15) is 25.0 Å². The Balaban J connectivity index is 0.00000121. The van der Waals surface area contributed by atoms with Gasteiger partial charge in [-0.1, -0.05) is 12.5 Å². The Kier molecular flexibility index (Phi) is 7.70. The molecule has 2 aromatic heterocycles. The van der Waals surface area contributed by atoms with Gasteiger partial charge >= 0.3 is 0 Å². The number of hydrogen-bond acceptors (Lipinski definition) is 4. The molecule has 0 spiro atoms. The van der Waals surface area contributed by atoms with E-state index >= 15 is 0 Å². The summed E-state index contributed by atoms with van der Waals surface area (Å²) in [5.41, 5.74) is 2.08. The van der Waals surface area contributed by atoms with Crippen LogP contribution in [0.2, 0.25) is 0 Å². The summed E-state index contributed by atoms with van der Waals surface area (Å²) in [5, 5.41) is 3.36. The van der Waals surface area contributed by atoms with Crippen molar-refractivity contribution >= 4 is 36.4 Å². The second-order valence-electron chi connectivity index (χ2n) is 6.80. The van der Waals surface area contributed by atoms with Crippen molar-refractivity contribution in [1.82, 2.24) is 24.5 Å². The number of piperidine rings is 1. The molecular weight excluding hydrogens is 373 g/mol. The van der Waals surface area contributed by atoms with Crippen molar-refractivity contribution in [3.05, 3.63) is 36.3 Å². The zero-order chi connectivity index (χ0) is 16.4. The third-order valence-corrected chi connectivity index (χ3v) is 5.09. The highest BCUT2D eigenvalue weighted by Gasteiger charge is 2.28. The molecule has 4 heterocycles. The fourth-order valence-electron chi connectivity index (χ4n) is 3.70. The molecule has 0 unspecified atom stereocenters. The highest BCUT2D eigenvalue weighted by molar-refractivity contribution is 5.85. The van der Waals surface area contributed by atoms with Crippen molar-refractivity contribution in [3.8, 4) is 0 Å². The van der Waals surface area contributed by atoms with Gasteiger partial charge in [0.05, 0.1) is 11.7 Å². The van der Waals surface area contributed by atoms with Gasteiger partial charge in [0.15, 0.2) is 0 Å². The van der Waals surface area contributed by atoms with Crippen LogP contribution in [-0.4, -0.2) is 63.9 Å². The topological polar surface area (TPSA) is 52.9 Å². The van der Waals surface area contributed by atoms with Gasteiger partial charge in [-0.2, -0.15) is 0 Å². The van der Waals surface area contributed by atoms with Crippen molar-refractivity contribution in [2.75, 3.05) is 32.7 Å². The number of aromatic nitrogens is 2. The fraction of sp³-hybridized carbons (Fsp3) is 0.556. The van der Waals surface area contributed by atoms with Gasteiger partial charge in [0.25, 0.3) is 0 Å². The Bertz CT molecular complexity index is 675. The van der Waals surface area contributed by atoms with Crippen LogP contribution in [0.25, 0.3) is 5.65 Å². The lowest BCUT2D eigenvalue weighted by atomic mass is 10.0. The molecule has 4 rings (SSSR count). The first-order valence-corrected chi connectivity index (χ1v) is 8.97. The van der Waals surface area contributed by atoms with Crippen LogP contribution in [0.3, 0.4) is 0 Å². The Hall–Kier alpha value is -1.34. The van der Waals surface area contributed by atoms with Crippen molar-refractivity contribution < 1.29 is 4.79 Å². The molecular formula is C18H27Cl2N5O. The molecule has 1 N–H and O–H groups in total. The van der Waals surface area contributed by atoms with E-state index in [9.17, 15) is 4.79 Å². The van der Waals surface area contributed by atoms with E-state index in [4.69, 9.17) is 0 Å². The second kappa shape index (κ2) is 9.55. The summed E-state index contributed by atoms with van der Waals surface area (Å²) in [6.45, 7) is 5.32. The lowest BCUT2D eigenvalue weighted by Gasteiger charge is -2.37. The minimum absolute atomic E-state index is 0. The van der Waals surface area contributed by atoms with E-state index in [1.54, 1.807) is 0 Å². The van der Waals surface area contributed by atoms with Gasteiger partial charge in [0.2, 0.25) is 5.91 Å². The molecule has 0 aromatic carbocycles. The minimum Gasteiger partial charge on any atom is -0.339 e. The van der Waals surface area contributed by atoms with Crippen LogP contribution < -0.4 is 5.32 Å². The number of imidazole rings is 1. The number of pyridine rings is 1. The standard InChI is InChI=1S/C18H25N5O.2ClH/c24-18(16-5-1-3-7-19-16)22-11-9-21(10-12-22)13-15-14-23-8-4-2-6-17(23)20-15;;/h2,4,6,8,14,16,19H,1,3,5,7,9-13H2;2*1H/t16-;;/m1../s1. The summed E-state index contributed by atoms with van der Waals surface area (Å²) < 4.78 is 2.06. The molecule has 6 nitrogen and oxygen atoms in total. The zero-order valence-corrected chi connectivity index (χ0v) is 16.5. The lowest BCUT2D eigenvalue weighted by molar-refractivity contribution is -0.135. The number of rotatable bonds is 3. The Morgan fingerprint density at radius 2 is 1.96 bits per heavy atom. The SMILES string of the molecule is Cl.Cl.O=C([C@H]1CCCCN1)N1CCN(Cc2cn3ccccc3n2)CC1. The molecule has 0 radical (unpaired) electrons. The van der Waals surface area contributed by atoms with Crippen LogP contribution in [0.4, 0.5) is 0 Å². The minimum atomic E-state index is 0. The molecule has 2 aliphatic rings. The largest absolute Gasteiger partial charge is 0.339 e. The highest BCUT2D eigenvalue weighted by atomic mass is 35.5. The van der Waals surface area contributed by atoms with Crippen LogP contribution in [0.5, 0.6) is 0 Å². The van der Waals surface area contributed by atoms with E-state index < -0.39 is 0 Å². The van der Waals surface area contributed by atoms with E-state index in [1.165, 1.54) is 6.42 Å². The predicted molar refractivity (Wildman–Crippen MR) is 107 cm³/mol. The molecule has 0 aliphatic carbocycles. The average Bonchev–Trinajstić information content (AvgIpc) is 3.05. The highest BCUT2D eigenvalue weighted by Crippen LogP contribution is 2.13. The van der Waals surface area contributed by atoms with Crippen molar-refractivity contribution in [2.45, 2.75) is 31.8 Å². The van der Waals surface area contributed by atoms with Gasteiger partial charge in [-0.25, -0.2) is 4.98 Å². The normalized spacial score (nSPS) is 21.1. The number of nitrogens with zero attached hydrogens (tertiary/aromatic N) is 4. The first kappa shape index (κ1) is 21.0. The molecule has 0 bridgehead atoms. The summed E-state index contributed by atoms with van der Waals surface area (Å²) in [7, 11) is 0. The molecule has 1 atom stereocenters. The zero-order valence-electron chi connectivity index (χ0n) is 14.8. The monoisotopic (exact) mass is 399 g/mol. The van der Waals surface area contributed by atoms with Gasteiger partial charge in [-0.3, -0.25) is 9.69 Å². The summed E-state index contributed by atoms with van der Waals surface area (Å²) >= 11 is 0. The quantitative estimate of drug-likeness (QED) is 0.856. The van der Waals surface area contributed by atoms with E-state index in [1.807, 2.05) is 29.3 Å². The molecule has 2 aliphatic heterocycles. The lowest BCUT2D eigenvalue weighted by Crippen LogP contribution is -2.54. The number of nitrogens with one attached hydrogen (secondary N) is 1. The maximum Gasteiger partial charge on any atom is 0.239 e.